The summed E-state index contributed by atoms with van der Waals surface area (Å²) in [6, 6.07) is 0.367. The Morgan fingerprint density at radius 1 is 1.06 bits per heavy atom. The lowest BCUT2D eigenvalue weighted by Crippen LogP contribution is -2.48. The van der Waals surface area contributed by atoms with Crippen LogP contribution in [0.4, 0.5) is 0 Å². The molecule has 2 rings (SSSR count). The monoisotopic (exact) mass is 225 g/mol. The molecule has 2 nitrogen and oxygen atoms in total. The fourth-order valence-electron chi connectivity index (χ4n) is 3.39. The predicted molar refractivity (Wildman–Crippen MR) is 67.4 cm³/mol. The van der Waals surface area contributed by atoms with Gasteiger partial charge in [0, 0.05) is 6.04 Å². The van der Waals surface area contributed by atoms with Crippen LogP contribution in [0.25, 0.3) is 0 Å². The van der Waals surface area contributed by atoms with Crippen LogP contribution in [0.1, 0.15) is 58.3 Å². The number of hydrogen-bond donors (Lipinski definition) is 2. The maximum absolute atomic E-state index is 10.5. The summed E-state index contributed by atoms with van der Waals surface area (Å²) in [6.07, 6.45) is 10.2. The number of nitrogens with one attached hydrogen (secondary N) is 1. The summed E-state index contributed by atoms with van der Waals surface area (Å²) >= 11 is 0. The fraction of sp³-hybridized carbons (Fsp3) is 1.00. The Morgan fingerprint density at radius 3 is 2.38 bits per heavy atom. The third-order valence-electron chi connectivity index (χ3n) is 4.50. The number of aliphatic hydroxyl groups excluding tert-OH is 1. The minimum absolute atomic E-state index is 0.0964. The molecule has 2 heteroatoms. The molecule has 1 aliphatic heterocycles. The zero-order chi connectivity index (χ0) is 11.4. The predicted octanol–water partition coefficient (Wildman–Crippen LogP) is 2.71. The highest BCUT2D eigenvalue weighted by Gasteiger charge is 2.30. The van der Waals surface area contributed by atoms with Gasteiger partial charge < -0.3 is 10.4 Å². The number of rotatable bonds is 2. The van der Waals surface area contributed by atoms with Gasteiger partial charge in [0.05, 0.1) is 6.10 Å². The van der Waals surface area contributed by atoms with E-state index in [1.54, 1.807) is 0 Å². The molecule has 1 heterocycles. The van der Waals surface area contributed by atoms with Gasteiger partial charge in [0.1, 0.15) is 0 Å². The van der Waals surface area contributed by atoms with Crippen LogP contribution in [0.15, 0.2) is 0 Å². The van der Waals surface area contributed by atoms with Crippen molar-refractivity contribution in [2.45, 2.75) is 70.4 Å². The molecular formula is C14H27NO. The van der Waals surface area contributed by atoms with Gasteiger partial charge >= 0.3 is 0 Å². The highest BCUT2D eigenvalue weighted by Crippen LogP contribution is 2.29. The molecule has 0 aromatic carbocycles. The lowest BCUT2D eigenvalue weighted by Gasteiger charge is -2.35. The molecule has 0 spiro atoms. The number of hydrogen-bond acceptors (Lipinski definition) is 2. The molecule has 0 amide bonds. The van der Waals surface area contributed by atoms with Gasteiger partial charge in [0.25, 0.3) is 0 Å². The Morgan fingerprint density at radius 2 is 1.75 bits per heavy atom. The van der Waals surface area contributed by atoms with E-state index in [0.717, 1.165) is 18.9 Å². The van der Waals surface area contributed by atoms with E-state index in [1.807, 2.05) is 0 Å². The van der Waals surface area contributed by atoms with Gasteiger partial charge in [-0.15, -0.1) is 0 Å². The third-order valence-corrected chi connectivity index (χ3v) is 4.50. The van der Waals surface area contributed by atoms with E-state index < -0.39 is 0 Å². The highest BCUT2D eigenvalue weighted by atomic mass is 16.3. The molecule has 3 unspecified atom stereocenters. The molecule has 94 valence electrons. The molecule has 16 heavy (non-hydrogen) atoms. The SMILES string of the molecule is CC1CCNC(C(O)C2CCCCCC2)C1. The van der Waals surface area contributed by atoms with Gasteiger partial charge in [0.15, 0.2) is 0 Å². The van der Waals surface area contributed by atoms with Crippen LogP contribution in [0.2, 0.25) is 0 Å². The van der Waals surface area contributed by atoms with E-state index in [1.165, 1.54) is 44.9 Å². The van der Waals surface area contributed by atoms with Crippen LogP contribution in [-0.4, -0.2) is 23.8 Å². The minimum Gasteiger partial charge on any atom is -0.391 e. The lowest BCUT2D eigenvalue weighted by atomic mass is 9.83. The molecule has 2 N–H and O–H groups in total. The molecule has 0 radical (unpaired) electrons. The summed E-state index contributed by atoms with van der Waals surface area (Å²) in [5.74, 6) is 1.34. The summed E-state index contributed by atoms with van der Waals surface area (Å²) in [5.41, 5.74) is 0. The Balaban J connectivity index is 1.86. The third kappa shape index (κ3) is 3.21. The topological polar surface area (TPSA) is 32.3 Å². The second kappa shape index (κ2) is 6.02. The summed E-state index contributed by atoms with van der Waals surface area (Å²) in [6.45, 7) is 3.41. The van der Waals surface area contributed by atoms with Crippen molar-refractivity contribution >= 4 is 0 Å². The van der Waals surface area contributed by atoms with Crippen LogP contribution in [0.3, 0.4) is 0 Å². The molecule has 2 fully saturated rings. The molecule has 1 aliphatic carbocycles. The van der Waals surface area contributed by atoms with E-state index in [0.29, 0.717) is 12.0 Å². The molecule has 0 aromatic rings. The van der Waals surface area contributed by atoms with Gasteiger partial charge in [-0.1, -0.05) is 32.6 Å². The molecule has 1 saturated heterocycles. The normalized spacial score (nSPS) is 35.6. The van der Waals surface area contributed by atoms with Gasteiger partial charge in [-0.05, 0) is 44.1 Å². The van der Waals surface area contributed by atoms with Crippen molar-refractivity contribution in [3.8, 4) is 0 Å². The first-order valence-electron chi connectivity index (χ1n) is 7.19. The van der Waals surface area contributed by atoms with Crippen molar-refractivity contribution in [2.75, 3.05) is 6.54 Å². The Kier molecular flexibility index (Phi) is 4.66. The lowest BCUT2D eigenvalue weighted by molar-refractivity contribution is 0.0436. The zero-order valence-corrected chi connectivity index (χ0v) is 10.6. The molecule has 1 saturated carbocycles. The van der Waals surface area contributed by atoms with Crippen LogP contribution < -0.4 is 5.32 Å². The average molecular weight is 225 g/mol. The second-order valence-electron chi connectivity index (χ2n) is 5.93. The average Bonchev–Trinajstić information content (AvgIpc) is 2.56. The van der Waals surface area contributed by atoms with Crippen molar-refractivity contribution in [2.24, 2.45) is 11.8 Å². The van der Waals surface area contributed by atoms with E-state index in [2.05, 4.69) is 12.2 Å². The molecular weight excluding hydrogens is 198 g/mol. The van der Waals surface area contributed by atoms with Gasteiger partial charge in [-0.25, -0.2) is 0 Å². The summed E-state index contributed by atoms with van der Waals surface area (Å²) in [7, 11) is 0. The highest BCUT2D eigenvalue weighted by molar-refractivity contribution is 4.86. The van der Waals surface area contributed by atoms with Gasteiger partial charge in [-0.3, -0.25) is 0 Å². The van der Waals surface area contributed by atoms with E-state index >= 15 is 0 Å². The van der Waals surface area contributed by atoms with E-state index in [4.69, 9.17) is 0 Å². The van der Waals surface area contributed by atoms with E-state index in [-0.39, 0.29) is 6.10 Å². The molecule has 0 aromatic heterocycles. The van der Waals surface area contributed by atoms with E-state index in [9.17, 15) is 5.11 Å². The first-order chi connectivity index (χ1) is 7.77. The second-order valence-corrected chi connectivity index (χ2v) is 5.93. The molecule has 3 atom stereocenters. The Bertz CT molecular complexity index is 197. The first kappa shape index (κ1) is 12.4. The van der Waals surface area contributed by atoms with Crippen LogP contribution in [0.5, 0.6) is 0 Å². The van der Waals surface area contributed by atoms with Crippen molar-refractivity contribution in [1.82, 2.24) is 5.32 Å². The van der Waals surface area contributed by atoms with Crippen LogP contribution in [-0.2, 0) is 0 Å². The van der Waals surface area contributed by atoms with Crippen molar-refractivity contribution in [3.63, 3.8) is 0 Å². The minimum atomic E-state index is -0.0964. The summed E-state index contributed by atoms with van der Waals surface area (Å²) < 4.78 is 0. The standard InChI is InChI=1S/C14H27NO/c1-11-8-9-15-13(10-11)14(16)12-6-4-2-3-5-7-12/h11-16H,2-10H2,1H3. The Labute approximate surface area is 99.8 Å². The summed E-state index contributed by atoms with van der Waals surface area (Å²) in [5, 5.41) is 14.0. The quantitative estimate of drug-likeness (QED) is 0.708. The molecule has 2 aliphatic rings. The zero-order valence-electron chi connectivity index (χ0n) is 10.6. The van der Waals surface area contributed by atoms with Crippen LogP contribution in [0, 0.1) is 11.8 Å². The fourth-order valence-corrected chi connectivity index (χ4v) is 3.39. The maximum Gasteiger partial charge on any atom is 0.0721 e. The van der Waals surface area contributed by atoms with Crippen molar-refractivity contribution in [3.05, 3.63) is 0 Å². The largest absolute Gasteiger partial charge is 0.391 e. The number of piperidine rings is 1. The molecule has 0 bridgehead atoms. The smallest absolute Gasteiger partial charge is 0.0721 e. The van der Waals surface area contributed by atoms with Crippen LogP contribution >= 0.6 is 0 Å². The van der Waals surface area contributed by atoms with Gasteiger partial charge in [0.2, 0.25) is 0 Å². The number of aliphatic hydroxyl groups is 1. The summed E-state index contributed by atoms with van der Waals surface area (Å²) in [4.78, 5) is 0. The Hall–Kier alpha value is -0.0800. The maximum atomic E-state index is 10.5. The van der Waals surface area contributed by atoms with Crippen molar-refractivity contribution < 1.29 is 5.11 Å². The first-order valence-corrected chi connectivity index (χ1v) is 7.19. The van der Waals surface area contributed by atoms with Crippen molar-refractivity contribution in [1.29, 1.82) is 0 Å². The van der Waals surface area contributed by atoms with Gasteiger partial charge in [-0.2, -0.15) is 0 Å².